The Morgan fingerprint density at radius 3 is 1.27 bits per heavy atom. The van der Waals surface area contributed by atoms with Gasteiger partial charge in [-0.05, 0) is 104 Å². The summed E-state index contributed by atoms with van der Waals surface area (Å²) in [6, 6.07) is 30.6. The van der Waals surface area contributed by atoms with E-state index in [1.165, 1.54) is 6.07 Å². The first-order valence-electron chi connectivity index (χ1n) is 16.5. The van der Waals surface area contributed by atoms with Crippen molar-refractivity contribution in [3.05, 3.63) is 142 Å². The monoisotopic (exact) mass is 701 g/mol. The van der Waals surface area contributed by atoms with E-state index < -0.39 is 29.0 Å². The van der Waals surface area contributed by atoms with Crippen molar-refractivity contribution < 1.29 is 26.3 Å². The number of benzene rings is 6. The average Bonchev–Trinajstić information content (AvgIpc) is 3.56. The van der Waals surface area contributed by atoms with Crippen LogP contribution in [-0.2, 0) is 12.4 Å². The maximum absolute atomic E-state index is 15.0. The quantitative estimate of drug-likeness (QED) is 0.169. The second-order valence-electron chi connectivity index (χ2n) is 13.5. The van der Waals surface area contributed by atoms with Gasteiger partial charge in [0.2, 0.25) is 0 Å². The van der Waals surface area contributed by atoms with Crippen LogP contribution in [0.25, 0.3) is 66.1 Å². The standard InChI is InChI=1S/C43H29F6N3/c1-23-5-10-30-31-11-6-24(2)16-38(31)51(37(30)15-23)36-21-34(29-14-9-28(42(44,45)46)20-35(29)43(47,48)49)41(19-27(36)22-50)52-39-17-25(3)7-12-32(39)33-13-8-26(4)18-40(33)52/h5-21H,1-4H3. The van der Waals surface area contributed by atoms with Crippen molar-refractivity contribution >= 4 is 43.6 Å². The van der Waals surface area contributed by atoms with E-state index in [1.54, 1.807) is 6.07 Å². The Kier molecular flexibility index (Phi) is 7.33. The molecule has 0 spiro atoms. The van der Waals surface area contributed by atoms with E-state index in [2.05, 4.69) is 6.07 Å². The molecule has 0 bridgehead atoms. The Morgan fingerprint density at radius 2 is 0.885 bits per heavy atom. The summed E-state index contributed by atoms with van der Waals surface area (Å²) in [6.07, 6.45) is -10.1. The normalized spacial score (nSPS) is 12.4. The van der Waals surface area contributed by atoms with E-state index in [9.17, 15) is 31.6 Å². The zero-order valence-corrected chi connectivity index (χ0v) is 28.4. The van der Waals surface area contributed by atoms with Crippen LogP contribution < -0.4 is 0 Å². The Balaban J connectivity index is 1.59. The molecule has 0 unspecified atom stereocenters. The fraction of sp³-hybridized carbons (Fsp3) is 0.140. The molecular weight excluding hydrogens is 672 g/mol. The Hall–Kier alpha value is -6.01. The number of fused-ring (bicyclic) bond motifs is 6. The molecule has 6 aromatic carbocycles. The minimum atomic E-state index is -5.14. The van der Waals surface area contributed by atoms with Crippen LogP contribution in [0.5, 0.6) is 0 Å². The van der Waals surface area contributed by atoms with Gasteiger partial charge in [0.05, 0.1) is 50.1 Å². The molecule has 0 saturated heterocycles. The van der Waals surface area contributed by atoms with Crippen LogP contribution in [0.1, 0.15) is 38.9 Å². The van der Waals surface area contributed by atoms with Gasteiger partial charge in [-0.2, -0.15) is 31.6 Å². The van der Waals surface area contributed by atoms with E-state index in [1.807, 2.05) is 110 Å². The van der Waals surface area contributed by atoms with Gasteiger partial charge in [-0.3, -0.25) is 0 Å². The lowest BCUT2D eigenvalue weighted by Gasteiger charge is -2.22. The largest absolute Gasteiger partial charge is 0.417 e. The molecule has 0 amide bonds. The highest BCUT2D eigenvalue weighted by Crippen LogP contribution is 2.46. The Bertz CT molecular complexity index is 2710. The van der Waals surface area contributed by atoms with Gasteiger partial charge in [0.25, 0.3) is 0 Å². The summed E-state index contributed by atoms with van der Waals surface area (Å²) < 4.78 is 90.4. The second kappa shape index (κ2) is 11.5. The number of halogens is 6. The van der Waals surface area contributed by atoms with Crippen molar-refractivity contribution in [2.45, 2.75) is 40.0 Å². The number of aromatic nitrogens is 2. The van der Waals surface area contributed by atoms with Crippen LogP contribution in [0.2, 0.25) is 0 Å². The third kappa shape index (κ3) is 5.20. The summed E-state index contributed by atoms with van der Waals surface area (Å²) in [5, 5.41) is 14.2. The highest BCUT2D eigenvalue weighted by molar-refractivity contribution is 6.11. The first-order chi connectivity index (χ1) is 24.6. The maximum Gasteiger partial charge on any atom is 0.417 e. The van der Waals surface area contributed by atoms with Gasteiger partial charge in [-0.1, -0.05) is 54.6 Å². The van der Waals surface area contributed by atoms with E-state index in [4.69, 9.17) is 0 Å². The van der Waals surface area contributed by atoms with E-state index >= 15 is 0 Å². The van der Waals surface area contributed by atoms with Crippen molar-refractivity contribution in [2.75, 3.05) is 0 Å². The molecule has 258 valence electrons. The summed E-state index contributed by atoms with van der Waals surface area (Å²) in [7, 11) is 0. The van der Waals surface area contributed by atoms with Crippen LogP contribution in [-0.4, -0.2) is 9.13 Å². The fourth-order valence-corrected chi connectivity index (χ4v) is 7.44. The zero-order valence-electron chi connectivity index (χ0n) is 28.4. The topological polar surface area (TPSA) is 33.6 Å². The molecule has 0 aliphatic rings. The van der Waals surface area contributed by atoms with E-state index in [0.717, 1.165) is 60.9 Å². The van der Waals surface area contributed by atoms with Crippen molar-refractivity contribution in [3.63, 3.8) is 0 Å². The Morgan fingerprint density at radius 1 is 0.462 bits per heavy atom. The maximum atomic E-state index is 15.0. The van der Waals surface area contributed by atoms with Crippen molar-refractivity contribution in [2.24, 2.45) is 0 Å². The number of hydrogen-bond donors (Lipinski definition) is 0. The summed E-state index contributed by atoms with van der Waals surface area (Å²) >= 11 is 0. The van der Waals surface area contributed by atoms with Gasteiger partial charge in [-0.15, -0.1) is 0 Å². The number of aryl methyl sites for hydroxylation is 4. The summed E-state index contributed by atoms with van der Waals surface area (Å²) in [5.74, 6) is 0. The van der Waals surface area contributed by atoms with Crippen molar-refractivity contribution in [1.29, 1.82) is 5.26 Å². The smallest absolute Gasteiger partial charge is 0.309 e. The highest BCUT2D eigenvalue weighted by atomic mass is 19.4. The average molecular weight is 702 g/mol. The molecule has 2 aromatic heterocycles. The molecule has 0 atom stereocenters. The highest BCUT2D eigenvalue weighted by Gasteiger charge is 2.39. The molecule has 0 radical (unpaired) electrons. The predicted octanol–water partition coefficient (Wildman–Crippen LogP) is 12.7. The molecule has 9 heteroatoms. The van der Waals surface area contributed by atoms with Gasteiger partial charge < -0.3 is 9.13 Å². The zero-order chi connectivity index (χ0) is 36.9. The second-order valence-corrected chi connectivity index (χ2v) is 13.5. The van der Waals surface area contributed by atoms with Gasteiger partial charge in [0, 0.05) is 27.1 Å². The molecule has 0 fully saturated rings. The summed E-state index contributed by atoms with van der Waals surface area (Å²) in [6.45, 7) is 7.66. The summed E-state index contributed by atoms with van der Waals surface area (Å²) in [5.41, 5.74) is 3.96. The number of rotatable bonds is 3. The molecule has 3 nitrogen and oxygen atoms in total. The number of nitriles is 1. The molecular formula is C43H29F6N3. The lowest BCUT2D eigenvalue weighted by molar-refractivity contribution is -0.142. The molecule has 0 saturated carbocycles. The first kappa shape index (κ1) is 33.2. The van der Waals surface area contributed by atoms with Crippen molar-refractivity contribution in [3.8, 4) is 28.6 Å². The predicted molar refractivity (Wildman–Crippen MR) is 194 cm³/mol. The minimum absolute atomic E-state index is 0.0205. The van der Waals surface area contributed by atoms with Gasteiger partial charge in [0.1, 0.15) is 6.07 Å². The van der Waals surface area contributed by atoms with Gasteiger partial charge in [-0.25, -0.2) is 0 Å². The van der Waals surface area contributed by atoms with Crippen LogP contribution in [0.3, 0.4) is 0 Å². The molecule has 0 aliphatic carbocycles. The van der Waals surface area contributed by atoms with E-state index in [-0.39, 0.29) is 22.9 Å². The molecule has 8 aromatic rings. The first-order valence-corrected chi connectivity index (χ1v) is 16.5. The number of alkyl halides is 6. The number of nitrogens with zero attached hydrogens (tertiary/aromatic N) is 3. The van der Waals surface area contributed by atoms with Crippen LogP contribution in [0.15, 0.2) is 103 Å². The number of hydrogen-bond acceptors (Lipinski definition) is 1. The third-order valence-corrected chi connectivity index (χ3v) is 9.82. The van der Waals surface area contributed by atoms with E-state index in [0.29, 0.717) is 22.8 Å². The van der Waals surface area contributed by atoms with Gasteiger partial charge in [0.15, 0.2) is 0 Å². The SMILES string of the molecule is Cc1ccc2c3ccc(C)cc3n(-c3cc(-c4ccc(C(F)(F)F)cc4C(F)(F)F)c(-n4c5cc(C)ccc5c5ccc(C)cc54)cc3C#N)c2c1. The van der Waals surface area contributed by atoms with Gasteiger partial charge >= 0.3 is 12.4 Å². The molecule has 2 heterocycles. The minimum Gasteiger partial charge on any atom is -0.309 e. The lowest BCUT2D eigenvalue weighted by atomic mass is 9.93. The van der Waals surface area contributed by atoms with Crippen LogP contribution in [0, 0.1) is 39.0 Å². The lowest BCUT2D eigenvalue weighted by Crippen LogP contribution is -2.13. The molecule has 52 heavy (non-hydrogen) atoms. The molecule has 0 N–H and O–H groups in total. The fourth-order valence-electron chi connectivity index (χ4n) is 7.44. The Labute approximate surface area is 294 Å². The molecule has 0 aliphatic heterocycles. The van der Waals surface area contributed by atoms with Crippen LogP contribution >= 0.6 is 0 Å². The molecule has 8 rings (SSSR count). The third-order valence-electron chi connectivity index (χ3n) is 9.82. The van der Waals surface area contributed by atoms with Crippen LogP contribution in [0.4, 0.5) is 26.3 Å². The van der Waals surface area contributed by atoms with Crippen molar-refractivity contribution in [1.82, 2.24) is 9.13 Å². The summed E-state index contributed by atoms with van der Waals surface area (Å²) in [4.78, 5) is 0.